The Morgan fingerprint density at radius 1 is 0.478 bits per heavy atom. The zero-order valence-corrected chi connectivity index (χ0v) is 12.4. The molecule has 0 saturated carbocycles. The minimum absolute atomic E-state index is 0.0978. The van der Waals surface area contributed by atoms with Crippen molar-refractivity contribution in [1.29, 1.82) is 0 Å². The number of hydrogen-bond donors (Lipinski definition) is 0. The van der Waals surface area contributed by atoms with E-state index in [9.17, 15) is 5.11 Å². The first-order chi connectivity index (χ1) is 11.3. The molecule has 0 heterocycles. The Balaban J connectivity index is 2.27. The normalized spacial score (nSPS) is 11.7. The van der Waals surface area contributed by atoms with Gasteiger partial charge in [0.05, 0.1) is 0 Å². The van der Waals surface area contributed by atoms with Crippen molar-refractivity contribution in [2.24, 2.45) is 0 Å². The van der Waals surface area contributed by atoms with Gasteiger partial charge in [-0.05, 0) is 38.4 Å². The van der Waals surface area contributed by atoms with Crippen LogP contribution in [-0.2, 0) is 5.11 Å². The lowest BCUT2D eigenvalue weighted by Crippen LogP contribution is -1.85. The van der Waals surface area contributed by atoms with Crippen molar-refractivity contribution < 1.29 is 5.11 Å². The van der Waals surface area contributed by atoms with E-state index in [-0.39, 0.29) is 5.75 Å². The Labute approximate surface area is 133 Å². The van der Waals surface area contributed by atoms with Gasteiger partial charge in [-0.1, -0.05) is 72.8 Å². The van der Waals surface area contributed by atoms with Crippen LogP contribution in [0.4, 0.5) is 0 Å². The fourth-order valence-electron chi connectivity index (χ4n) is 3.74. The van der Waals surface area contributed by atoms with Gasteiger partial charge in [-0.3, -0.25) is 5.11 Å². The lowest BCUT2D eigenvalue weighted by Gasteiger charge is -2.13. The highest BCUT2D eigenvalue weighted by Crippen LogP contribution is 2.43. The molecule has 1 nitrogen and oxygen atoms in total. The summed E-state index contributed by atoms with van der Waals surface area (Å²) >= 11 is 0. The van der Waals surface area contributed by atoms with Crippen molar-refractivity contribution in [3.05, 3.63) is 78.9 Å². The van der Waals surface area contributed by atoms with Gasteiger partial charge in [0.25, 0.3) is 0 Å². The molecule has 1 radical (unpaired) electrons. The summed E-state index contributed by atoms with van der Waals surface area (Å²) in [7, 11) is 0. The maximum Gasteiger partial charge on any atom is 0.187 e. The van der Waals surface area contributed by atoms with Crippen LogP contribution in [0.25, 0.3) is 43.1 Å². The molecule has 0 unspecified atom stereocenters. The molecule has 0 fully saturated rings. The second-order valence-electron chi connectivity index (χ2n) is 5.94. The molecular formula is C22H13O. The molecule has 1 heteroatoms. The van der Waals surface area contributed by atoms with E-state index in [1.165, 1.54) is 5.39 Å². The van der Waals surface area contributed by atoms with E-state index in [1.807, 2.05) is 36.4 Å². The van der Waals surface area contributed by atoms with E-state index in [2.05, 4.69) is 36.4 Å². The average Bonchev–Trinajstić information content (AvgIpc) is 2.61. The van der Waals surface area contributed by atoms with Gasteiger partial charge in [0.15, 0.2) is 5.75 Å². The molecule has 0 saturated heterocycles. The van der Waals surface area contributed by atoms with E-state index >= 15 is 0 Å². The zero-order chi connectivity index (χ0) is 15.4. The summed E-state index contributed by atoms with van der Waals surface area (Å²) in [6.45, 7) is 0. The molecule has 0 amide bonds. The molecule has 0 aliphatic carbocycles. The SMILES string of the molecule is [O]c1cc2ccccc2c2c3ccccc3c3ccccc3c12. The smallest absolute Gasteiger partial charge is 0.187 e. The fraction of sp³-hybridized carbons (Fsp3) is 0. The third-order valence-corrected chi connectivity index (χ3v) is 4.70. The minimum atomic E-state index is 0.0978. The summed E-state index contributed by atoms with van der Waals surface area (Å²) in [5.41, 5.74) is 0. The van der Waals surface area contributed by atoms with Gasteiger partial charge in [-0.25, -0.2) is 0 Å². The average molecular weight is 293 g/mol. The van der Waals surface area contributed by atoms with Crippen LogP contribution in [0.15, 0.2) is 78.9 Å². The molecule has 5 aromatic carbocycles. The van der Waals surface area contributed by atoms with Gasteiger partial charge >= 0.3 is 0 Å². The molecule has 0 atom stereocenters. The molecule has 0 aliphatic rings. The topological polar surface area (TPSA) is 19.9 Å². The molecule has 23 heavy (non-hydrogen) atoms. The largest absolute Gasteiger partial charge is 0.289 e. The summed E-state index contributed by atoms with van der Waals surface area (Å²) in [5, 5.41) is 21.4. The maximum absolute atomic E-state index is 12.9. The number of rotatable bonds is 0. The van der Waals surface area contributed by atoms with E-state index < -0.39 is 0 Å². The maximum atomic E-state index is 12.9. The molecule has 0 bridgehead atoms. The summed E-state index contributed by atoms with van der Waals surface area (Å²) in [5.74, 6) is 0.0978. The third-order valence-electron chi connectivity index (χ3n) is 4.70. The highest BCUT2D eigenvalue weighted by atomic mass is 16.3. The predicted octanol–water partition coefficient (Wildman–Crippen LogP) is 6.44. The van der Waals surface area contributed by atoms with Crippen LogP contribution in [0.2, 0.25) is 0 Å². The van der Waals surface area contributed by atoms with E-state index in [4.69, 9.17) is 0 Å². The first-order valence-corrected chi connectivity index (χ1v) is 7.76. The lowest BCUT2D eigenvalue weighted by atomic mass is 9.90. The third kappa shape index (κ3) is 1.62. The zero-order valence-electron chi connectivity index (χ0n) is 12.4. The molecule has 0 aromatic heterocycles. The van der Waals surface area contributed by atoms with Crippen molar-refractivity contribution in [3.8, 4) is 5.75 Å². The molecule has 107 valence electrons. The number of fused-ring (bicyclic) bond motifs is 8. The summed E-state index contributed by atoms with van der Waals surface area (Å²) in [4.78, 5) is 0. The van der Waals surface area contributed by atoms with Crippen molar-refractivity contribution in [2.75, 3.05) is 0 Å². The molecular weight excluding hydrogens is 280 g/mol. The number of hydrogen-bond acceptors (Lipinski definition) is 0. The fourth-order valence-corrected chi connectivity index (χ4v) is 3.74. The van der Waals surface area contributed by atoms with Crippen LogP contribution in [0.3, 0.4) is 0 Å². The Morgan fingerprint density at radius 3 is 1.61 bits per heavy atom. The Kier molecular flexibility index (Phi) is 2.42. The molecule has 5 rings (SSSR count). The lowest BCUT2D eigenvalue weighted by molar-refractivity contribution is 0.361. The first kappa shape index (κ1) is 12.5. The van der Waals surface area contributed by atoms with Gasteiger partial charge in [0, 0.05) is 10.8 Å². The van der Waals surface area contributed by atoms with Gasteiger partial charge in [0.2, 0.25) is 0 Å². The van der Waals surface area contributed by atoms with E-state index in [0.717, 1.165) is 37.7 Å². The quantitative estimate of drug-likeness (QED) is 0.293. The second-order valence-corrected chi connectivity index (χ2v) is 5.94. The van der Waals surface area contributed by atoms with Crippen LogP contribution in [-0.4, -0.2) is 0 Å². The van der Waals surface area contributed by atoms with Crippen LogP contribution in [0.5, 0.6) is 5.75 Å². The summed E-state index contributed by atoms with van der Waals surface area (Å²) in [6.07, 6.45) is 0. The van der Waals surface area contributed by atoms with E-state index in [1.54, 1.807) is 6.07 Å². The van der Waals surface area contributed by atoms with Crippen molar-refractivity contribution in [1.82, 2.24) is 0 Å². The van der Waals surface area contributed by atoms with Crippen LogP contribution < -0.4 is 0 Å². The Morgan fingerprint density at radius 2 is 0.957 bits per heavy atom. The Bertz CT molecular complexity index is 1220. The van der Waals surface area contributed by atoms with Gasteiger partial charge in [-0.15, -0.1) is 0 Å². The highest BCUT2D eigenvalue weighted by Gasteiger charge is 2.14. The monoisotopic (exact) mass is 293 g/mol. The molecule has 5 aromatic rings. The molecule has 0 spiro atoms. The number of benzene rings is 5. The van der Waals surface area contributed by atoms with Crippen molar-refractivity contribution in [3.63, 3.8) is 0 Å². The van der Waals surface area contributed by atoms with Gasteiger partial charge in [-0.2, -0.15) is 0 Å². The van der Waals surface area contributed by atoms with Crippen molar-refractivity contribution >= 4 is 43.1 Å². The van der Waals surface area contributed by atoms with Crippen LogP contribution in [0, 0.1) is 0 Å². The first-order valence-electron chi connectivity index (χ1n) is 7.76. The van der Waals surface area contributed by atoms with Gasteiger partial charge < -0.3 is 0 Å². The van der Waals surface area contributed by atoms with E-state index in [0.29, 0.717) is 0 Å². The molecule has 0 aliphatic heterocycles. The standard InChI is InChI=1S/C22H13O/c23-20-13-14-7-1-2-8-15(14)21-18-11-5-3-9-16(18)17-10-4-6-12-19(17)22(20)21/h1-13H. The minimum Gasteiger partial charge on any atom is -0.289 e. The van der Waals surface area contributed by atoms with Crippen molar-refractivity contribution in [2.45, 2.75) is 0 Å². The van der Waals surface area contributed by atoms with Crippen LogP contribution >= 0.6 is 0 Å². The van der Waals surface area contributed by atoms with Crippen LogP contribution in [0.1, 0.15) is 0 Å². The predicted molar refractivity (Wildman–Crippen MR) is 96.6 cm³/mol. The Hall–Kier alpha value is -3.06. The summed E-state index contributed by atoms with van der Waals surface area (Å²) in [6, 6.07) is 26.5. The van der Waals surface area contributed by atoms with Gasteiger partial charge in [0.1, 0.15) is 0 Å². The summed E-state index contributed by atoms with van der Waals surface area (Å²) < 4.78 is 0. The molecule has 0 N–H and O–H groups in total. The highest BCUT2D eigenvalue weighted by molar-refractivity contribution is 6.32. The second kappa shape index (κ2) is 4.47.